The molecule has 0 saturated carbocycles. The number of rotatable bonds is 3. The molecule has 1 aliphatic heterocycles. The van der Waals surface area contributed by atoms with E-state index in [4.69, 9.17) is 5.73 Å². The van der Waals surface area contributed by atoms with Gasteiger partial charge in [0.25, 0.3) is 0 Å². The van der Waals surface area contributed by atoms with Crippen molar-refractivity contribution in [2.24, 2.45) is 11.1 Å². The van der Waals surface area contributed by atoms with E-state index in [0.29, 0.717) is 6.54 Å². The number of piperidine rings is 1. The molecule has 0 aromatic heterocycles. The van der Waals surface area contributed by atoms with Crippen LogP contribution in [-0.2, 0) is 4.79 Å². The Bertz CT molecular complexity index is 220. The van der Waals surface area contributed by atoms with Gasteiger partial charge in [0.2, 0.25) is 5.91 Å². The lowest BCUT2D eigenvalue weighted by Crippen LogP contribution is -2.45. The largest absolute Gasteiger partial charge is 0.348 e. The van der Waals surface area contributed by atoms with Crippen molar-refractivity contribution in [1.29, 1.82) is 0 Å². The summed E-state index contributed by atoms with van der Waals surface area (Å²) in [4.78, 5) is 15.4. The highest BCUT2D eigenvalue weighted by Gasteiger charge is 2.29. The van der Waals surface area contributed by atoms with Crippen molar-refractivity contribution in [3.05, 3.63) is 0 Å². The van der Waals surface area contributed by atoms with E-state index in [-0.39, 0.29) is 11.3 Å². The lowest BCUT2D eigenvalue weighted by atomic mass is 9.80. The number of hydrogen-bond acceptors (Lipinski definition) is 3. The summed E-state index contributed by atoms with van der Waals surface area (Å²) in [6, 6.07) is 0. The molecule has 0 aliphatic carbocycles. The van der Waals surface area contributed by atoms with Gasteiger partial charge in [-0.25, -0.2) is 0 Å². The standard InChI is InChI=1S/C11H23N3O/c1-11(9-12)4-6-14(7-5-11)8-10(15)13(2)3/h4-9,12H2,1-3H3. The summed E-state index contributed by atoms with van der Waals surface area (Å²) < 4.78 is 0. The Morgan fingerprint density at radius 3 is 2.33 bits per heavy atom. The van der Waals surface area contributed by atoms with Crippen LogP contribution in [0.5, 0.6) is 0 Å². The Kier molecular flexibility index (Phi) is 4.11. The summed E-state index contributed by atoms with van der Waals surface area (Å²) in [5.41, 5.74) is 6.03. The maximum Gasteiger partial charge on any atom is 0.236 e. The molecule has 1 aliphatic rings. The molecule has 0 aromatic carbocycles. The van der Waals surface area contributed by atoms with Crippen molar-refractivity contribution >= 4 is 5.91 Å². The fraction of sp³-hybridized carbons (Fsp3) is 0.909. The molecule has 1 fully saturated rings. The predicted molar refractivity (Wildman–Crippen MR) is 61.5 cm³/mol. The van der Waals surface area contributed by atoms with Crippen LogP contribution in [0, 0.1) is 5.41 Å². The molecular weight excluding hydrogens is 190 g/mol. The highest BCUT2D eigenvalue weighted by Crippen LogP contribution is 2.29. The van der Waals surface area contributed by atoms with Gasteiger partial charge < -0.3 is 10.6 Å². The molecule has 0 radical (unpaired) electrons. The second-order valence-electron chi connectivity index (χ2n) is 5.08. The molecule has 4 heteroatoms. The predicted octanol–water partition coefficient (Wildman–Crippen LogP) is 0.135. The van der Waals surface area contributed by atoms with Gasteiger partial charge in [-0.2, -0.15) is 0 Å². The number of amides is 1. The first kappa shape index (κ1) is 12.5. The molecular formula is C11H23N3O. The van der Waals surface area contributed by atoms with E-state index in [1.807, 2.05) is 0 Å². The maximum absolute atomic E-state index is 11.5. The summed E-state index contributed by atoms with van der Waals surface area (Å²) in [7, 11) is 3.60. The average Bonchev–Trinajstić information content (AvgIpc) is 2.21. The number of nitrogens with two attached hydrogens (primary N) is 1. The molecule has 1 saturated heterocycles. The molecule has 0 spiro atoms. The fourth-order valence-corrected chi connectivity index (χ4v) is 1.79. The Morgan fingerprint density at radius 1 is 1.40 bits per heavy atom. The van der Waals surface area contributed by atoms with E-state index < -0.39 is 0 Å². The molecule has 88 valence electrons. The van der Waals surface area contributed by atoms with Gasteiger partial charge in [-0.3, -0.25) is 9.69 Å². The van der Waals surface area contributed by atoms with Crippen LogP contribution in [0.25, 0.3) is 0 Å². The van der Waals surface area contributed by atoms with Crippen molar-refractivity contribution in [1.82, 2.24) is 9.80 Å². The first-order valence-electron chi connectivity index (χ1n) is 5.59. The maximum atomic E-state index is 11.5. The topological polar surface area (TPSA) is 49.6 Å². The van der Waals surface area contributed by atoms with Crippen molar-refractivity contribution in [2.75, 3.05) is 40.3 Å². The smallest absolute Gasteiger partial charge is 0.236 e. The van der Waals surface area contributed by atoms with E-state index in [2.05, 4.69) is 11.8 Å². The Morgan fingerprint density at radius 2 is 1.93 bits per heavy atom. The Labute approximate surface area is 92.4 Å². The van der Waals surface area contributed by atoms with Gasteiger partial charge in [0.15, 0.2) is 0 Å². The summed E-state index contributed by atoms with van der Waals surface area (Å²) in [6.45, 7) is 5.52. The summed E-state index contributed by atoms with van der Waals surface area (Å²) in [5.74, 6) is 0.186. The third kappa shape index (κ3) is 3.47. The third-order valence-electron chi connectivity index (χ3n) is 3.41. The zero-order valence-electron chi connectivity index (χ0n) is 10.1. The van der Waals surface area contributed by atoms with Crippen LogP contribution in [0.15, 0.2) is 0 Å². The van der Waals surface area contributed by atoms with Crippen LogP contribution in [0.1, 0.15) is 19.8 Å². The minimum atomic E-state index is 0.186. The van der Waals surface area contributed by atoms with Crippen molar-refractivity contribution < 1.29 is 4.79 Å². The molecule has 1 amide bonds. The Balaban J connectivity index is 2.35. The SMILES string of the molecule is CN(C)C(=O)CN1CCC(C)(CN)CC1. The Hall–Kier alpha value is -0.610. The van der Waals surface area contributed by atoms with Crippen molar-refractivity contribution in [2.45, 2.75) is 19.8 Å². The van der Waals surface area contributed by atoms with Crippen LogP contribution in [0.4, 0.5) is 0 Å². The van der Waals surface area contributed by atoms with Crippen LogP contribution >= 0.6 is 0 Å². The molecule has 2 N–H and O–H groups in total. The molecule has 0 bridgehead atoms. The zero-order chi connectivity index (χ0) is 11.5. The molecule has 4 nitrogen and oxygen atoms in total. The monoisotopic (exact) mass is 213 g/mol. The first-order chi connectivity index (χ1) is 6.97. The lowest BCUT2D eigenvalue weighted by molar-refractivity contribution is -0.130. The number of likely N-dealkylation sites (N-methyl/N-ethyl adjacent to an activating group) is 1. The van der Waals surface area contributed by atoms with Gasteiger partial charge >= 0.3 is 0 Å². The average molecular weight is 213 g/mol. The van der Waals surface area contributed by atoms with Crippen LogP contribution in [0.2, 0.25) is 0 Å². The number of likely N-dealkylation sites (tertiary alicyclic amines) is 1. The molecule has 0 atom stereocenters. The minimum absolute atomic E-state index is 0.186. The highest BCUT2D eigenvalue weighted by molar-refractivity contribution is 5.77. The van der Waals surface area contributed by atoms with Gasteiger partial charge in [0.1, 0.15) is 0 Å². The first-order valence-corrected chi connectivity index (χ1v) is 5.59. The van der Waals surface area contributed by atoms with Gasteiger partial charge in [-0.1, -0.05) is 6.92 Å². The number of nitrogens with zero attached hydrogens (tertiary/aromatic N) is 2. The minimum Gasteiger partial charge on any atom is -0.348 e. The van der Waals surface area contributed by atoms with Gasteiger partial charge in [0, 0.05) is 14.1 Å². The van der Waals surface area contributed by atoms with Crippen molar-refractivity contribution in [3.63, 3.8) is 0 Å². The molecule has 1 heterocycles. The molecule has 0 aromatic rings. The third-order valence-corrected chi connectivity index (χ3v) is 3.41. The van der Waals surface area contributed by atoms with E-state index in [1.165, 1.54) is 0 Å². The lowest BCUT2D eigenvalue weighted by Gasteiger charge is -2.38. The van der Waals surface area contributed by atoms with E-state index in [0.717, 1.165) is 32.5 Å². The second kappa shape index (κ2) is 4.94. The van der Waals surface area contributed by atoms with Crippen LogP contribution < -0.4 is 5.73 Å². The van der Waals surface area contributed by atoms with Gasteiger partial charge in [0.05, 0.1) is 6.54 Å². The van der Waals surface area contributed by atoms with Gasteiger partial charge in [-0.05, 0) is 37.9 Å². The zero-order valence-corrected chi connectivity index (χ0v) is 10.1. The van der Waals surface area contributed by atoms with Crippen molar-refractivity contribution in [3.8, 4) is 0 Å². The fourth-order valence-electron chi connectivity index (χ4n) is 1.79. The number of carbonyl (C=O) groups is 1. The van der Waals surface area contributed by atoms with E-state index in [9.17, 15) is 4.79 Å². The van der Waals surface area contributed by atoms with Gasteiger partial charge in [-0.15, -0.1) is 0 Å². The molecule has 1 rings (SSSR count). The number of hydrogen-bond donors (Lipinski definition) is 1. The second-order valence-corrected chi connectivity index (χ2v) is 5.08. The highest BCUT2D eigenvalue weighted by atomic mass is 16.2. The summed E-state index contributed by atoms with van der Waals surface area (Å²) >= 11 is 0. The van der Waals surface area contributed by atoms with Crippen LogP contribution in [-0.4, -0.2) is 56.0 Å². The van der Waals surface area contributed by atoms with Crippen LogP contribution in [0.3, 0.4) is 0 Å². The quantitative estimate of drug-likeness (QED) is 0.725. The molecule has 15 heavy (non-hydrogen) atoms. The number of carbonyl (C=O) groups excluding carboxylic acids is 1. The normalized spacial score (nSPS) is 21.3. The summed E-state index contributed by atoms with van der Waals surface area (Å²) in [5, 5.41) is 0. The molecule has 0 unspecified atom stereocenters. The van der Waals surface area contributed by atoms with E-state index >= 15 is 0 Å². The summed E-state index contributed by atoms with van der Waals surface area (Å²) in [6.07, 6.45) is 2.20. The van der Waals surface area contributed by atoms with E-state index in [1.54, 1.807) is 19.0 Å².